The molecular weight excluding hydrogens is 396 g/mol. The molecule has 0 aliphatic carbocycles. The van der Waals surface area contributed by atoms with Gasteiger partial charge in [-0.3, -0.25) is 0 Å². The lowest BCUT2D eigenvalue weighted by Crippen LogP contribution is -2.40. The lowest BCUT2D eigenvalue weighted by molar-refractivity contribution is -0.0505. The van der Waals surface area contributed by atoms with Crippen molar-refractivity contribution in [1.29, 1.82) is 0 Å². The summed E-state index contributed by atoms with van der Waals surface area (Å²) in [6.07, 6.45) is 0.614. The first-order chi connectivity index (χ1) is 13.4. The van der Waals surface area contributed by atoms with Crippen molar-refractivity contribution in [2.75, 3.05) is 31.4 Å². The molecule has 8 nitrogen and oxygen atoms in total. The van der Waals surface area contributed by atoms with E-state index in [1.165, 1.54) is 6.07 Å². The van der Waals surface area contributed by atoms with Crippen molar-refractivity contribution in [3.8, 4) is 17.2 Å². The van der Waals surface area contributed by atoms with Gasteiger partial charge in [-0.1, -0.05) is 0 Å². The Morgan fingerprint density at radius 3 is 2.71 bits per heavy atom. The minimum atomic E-state index is -2.97. The van der Waals surface area contributed by atoms with Gasteiger partial charge in [-0.15, -0.1) is 0 Å². The summed E-state index contributed by atoms with van der Waals surface area (Å²) in [4.78, 5) is 4.40. The molecule has 2 heterocycles. The van der Waals surface area contributed by atoms with Gasteiger partial charge in [-0.25, -0.2) is 13.4 Å². The number of hydrogen-bond donors (Lipinski definition) is 2. The van der Waals surface area contributed by atoms with Crippen molar-refractivity contribution in [3.63, 3.8) is 0 Å². The molecule has 28 heavy (non-hydrogen) atoms. The summed E-state index contributed by atoms with van der Waals surface area (Å²) in [7, 11) is -2.95. The van der Waals surface area contributed by atoms with Crippen LogP contribution in [0.3, 0.4) is 0 Å². The molecule has 1 unspecified atom stereocenters. The number of alkyl halides is 2. The number of nitrogens with zero attached hydrogens (tertiary/aromatic N) is 1. The van der Waals surface area contributed by atoms with E-state index in [1.807, 2.05) is 6.92 Å². The molecule has 0 amide bonds. The molecule has 1 aromatic rings. The highest BCUT2D eigenvalue weighted by atomic mass is 32.2. The Bertz CT molecular complexity index is 832. The van der Waals surface area contributed by atoms with E-state index in [0.29, 0.717) is 42.5 Å². The summed E-state index contributed by atoms with van der Waals surface area (Å²) >= 11 is 0. The zero-order valence-electron chi connectivity index (χ0n) is 15.4. The third kappa shape index (κ3) is 5.37. The summed E-state index contributed by atoms with van der Waals surface area (Å²) in [5.41, 5.74) is 0.421. The molecule has 3 rings (SSSR count). The van der Waals surface area contributed by atoms with E-state index >= 15 is 0 Å². The minimum absolute atomic E-state index is 0.0185. The highest BCUT2D eigenvalue weighted by molar-refractivity contribution is 7.91. The lowest BCUT2D eigenvalue weighted by Gasteiger charge is -2.15. The molecule has 2 aliphatic heterocycles. The number of hydrogen-bond acceptors (Lipinski definition) is 6. The summed E-state index contributed by atoms with van der Waals surface area (Å²) in [5.74, 6) is 1.62. The monoisotopic (exact) mass is 419 g/mol. The second kappa shape index (κ2) is 8.80. The van der Waals surface area contributed by atoms with E-state index in [1.54, 1.807) is 6.07 Å². The van der Waals surface area contributed by atoms with E-state index in [-0.39, 0.29) is 36.5 Å². The maximum atomic E-state index is 12.7. The van der Waals surface area contributed by atoms with Crippen molar-refractivity contribution in [3.05, 3.63) is 17.7 Å². The molecule has 11 heteroatoms. The van der Waals surface area contributed by atoms with Crippen LogP contribution in [0.1, 0.15) is 18.9 Å². The first kappa shape index (κ1) is 20.4. The fourth-order valence-electron chi connectivity index (χ4n) is 3.07. The standard InChI is InChI=1S/C17H23F2N3O5S/c1-2-20-17(21-7-11-3-4-28(23,24)9-11)22-8-12-5-14-15(26-10-25-14)6-13(12)27-16(18)19/h5-6,11,16H,2-4,7-10H2,1H3,(H2,20,21,22). The molecule has 0 spiro atoms. The zero-order chi connectivity index (χ0) is 20.1. The Balaban J connectivity index is 1.69. The summed E-state index contributed by atoms with van der Waals surface area (Å²) in [6, 6.07) is 2.93. The Labute approximate surface area is 162 Å². The molecule has 1 saturated heterocycles. The van der Waals surface area contributed by atoms with Crippen LogP contribution in [0, 0.1) is 5.92 Å². The van der Waals surface area contributed by atoms with Gasteiger partial charge >= 0.3 is 6.61 Å². The first-order valence-electron chi connectivity index (χ1n) is 8.96. The van der Waals surface area contributed by atoms with E-state index in [2.05, 4.69) is 20.4 Å². The average molecular weight is 419 g/mol. The zero-order valence-corrected chi connectivity index (χ0v) is 16.2. The van der Waals surface area contributed by atoms with Crippen LogP contribution in [0.25, 0.3) is 0 Å². The van der Waals surface area contributed by atoms with E-state index in [9.17, 15) is 17.2 Å². The number of ether oxygens (including phenoxy) is 3. The molecule has 0 saturated carbocycles. The molecular formula is C17H23F2N3O5S. The van der Waals surface area contributed by atoms with Crippen LogP contribution in [0.15, 0.2) is 17.1 Å². The lowest BCUT2D eigenvalue weighted by atomic mass is 10.1. The number of nitrogens with one attached hydrogen (secondary N) is 2. The van der Waals surface area contributed by atoms with Gasteiger partial charge in [-0.2, -0.15) is 8.78 Å². The number of rotatable bonds is 7. The number of sulfone groups is 1. The molecule has 0 radical (unpaired) electrons. The van der Waals surface area contributed by atoms with Crippen LogP contribution in [-0.2, 0) is 16.4 Å². The van der Waals surface area contributed by atoms with Crippen LogP contribution >= 0.6 is 0 Å². The van der Waals surface area contributed by atoms with E-state index < -0.39 is 16.4 Å². The quantitative estimate of drug-likeness (QED) is 0.511. The number of aliphatic imine (C=N–C) groups is 1. The highest BCUT2D eigenvalue weighted by Gasteiger charge is 2.27. The Morgan fingerprint density at radius 1 is 1.32 bits per heavy atom. The second-order valence-electron chi connectivity index (χ2n) is 6.54. The van der Waals surface area contributed by atoms with Gasteiger partial charge in [0.2, 0.25) is 6.79 Å². The molecule has 1 aromatic carbocycles. The molecule has 156 valence electrons. The van der Waals surface area contributed by atoms with Gasteiger partial charge in [0.1, 0.15) is 5.75 Å². The fraction of sp³-hybridized carbons (Fsp3) is 0.588. The van der Waals surface area contributed by atoms with E-state index in [0.717, 1.165) is 0 Å². The highest BCUT2D eigenvalue weighted by Crippen LogP contribution is 2.39. The summed E-state index contributed by atoms with van der Waals surface area (Å²) in [5, 5.41) is 6.17. The van der Waals surface area contributed by atoms with Gasteiger partial charge in [0, 0.05) is 24.7 Å². The predicted octanol–water partition coefficient (Wildman–Crippen LogP) is 1.51. The normalized spacial score (nSPS) is 20.4. The fourth-order valence-corrected chi connectivity index (χ4v) is 4.94. The van der Waals surface area contributed by atoms with Gasteiger partial charge < -0.3 is 24.8 Å². The number of guanidine groups is 1. The molecule has 0 aromatic heterocycles. The maximum Gasteiger partial charge on any atom is 0.387 e. The molecule has 1 fully saturated rings. The molecule has 0 bridgehead atoms. The number of halogens is 2. The van der Waals surface area contributed by atoms with Gasteiger partial charge in [0.25, 0.3) is 0 Å². The number of fused-ring (bicyclic) bond motifs is 1. The average Bonchev–Trinajstić information content (AvgIpc) is 3.21. The summed E-state index contributed by atoms with van der Waals surface area (Å²) in [6.45, 7) is 0.0621. The van der Waals surface area contributed by atoms with Gasteiger partial charge in [0.15, 0.2) is 27.3 Å². The largest absolute Gasteiger partial charge is 0.454 e. The molecule has 1 atom stereocenters. The maximum absolute atomic E-state index is 12.7. The third-order valence-corrected chi connectivity index (χ3v) is 6.25. The van der Waals surface area contributed by atoms with Crippen molar-refractivity contribution in [1.82, 2.24) is 10.6 Å². The minimum Gasteiger partial charge on any atom is -0.454 e. The van der Waals surface area contributed by atoms with Crippen molar-refractivity contribution in [2.45, 2.75) is 26.5 Å². The number of benzene rings is 1. The topological polar surface area (TPSA) is 98.2 Å². The third-order valence-electron chi connectivity index (χ3n) is 4.41. The van der Waals surface area contributed by atoms with Crippen LogP contribution in [0.5, 0.6) is 17.2 Å². The molecule has 2 aliphatic rings. The first-order valence-corrected chi connectivity index (χ1v) is 10.8. The van der Waals surface area contributed by atoms with Gasteiger partial charge in [0.05, 0.1) is 18.1 Å². The summed E-state index contributed by atoms with van der Waals surface area (Å²) < 4.78 is 63.7. The van der Waals surface area contributed by atoms with E-state index in [4.69, 9.17) is 9.47 Å². The van der Waals surface area contributed by atoms with Crippen LogP contribution in [-0.4, -0.2) is 52.4 Å². The Hall–Kier alpha value is -2.30. The van der Waals surface area contributed by atoms with Crippen molar-refractivity contribution >= 4 is 15.8 Å². The van der Waals surface area contributed by atoms with Crippen LogP contribution in [0.4, 0.5) is 8.78 Å². The van der Waals surface area contributed by atoms with Crippen LogP contribution < -0.4 is 24.8 Å². The van der Waals surface area contributed by atoms with Crippen molar-refractivity contribution < 1.29 is 31.4 Å². The predicted molar refractivity (Wildman–Crippen MR) is 98.8 cm³/mol. The second-order valence-corrected chi connectivity index (χ2v) is 8.77. The molecule has 2 N–H and O–H groups in total. The van der Waals surface area contributed by atoms with Crippen molar-refractivity contribution in [2.24, 2.45) is 10.9 Å². The Morgan fingerprint density at radius 2 is 2.07 bits per heavy atom. The smallest absolute Gasteiger partial charge is 0.387 e. The SMILES string of the molecule is CCNC(=NCc1cc2c(cc1OC(F)F)OCO2)NCC1CCS(=O)(=O)C1. The van der Waals surface area contributed by atoms with Crippen LogP contribution in [0.2, 0.25) is 0 Å². The Kier molecular flexibility index (Phi) is 6.42. The van der Waals surface area contributed by atoms with Gasteiger partial charge in [-0.05, 0) is 25.3 Å².